The number of benzene rings is 4. The molecule has 0 heterocycles. The molecular formula is C34H36O6. The Hall–Kier alpha value is -3.36. The summed E-state index contributed by atoms with van der Waals surface area (Å²) in [5, 5.41) is 73.9. The Labute approximate surface area is 234 Å². The van der Waals surface area contributed by atoms with Gasteiger partial charge in [0.25, 0.3) is 0 Å². The molecule has 1 aliphatic carbocycles. The Bertz CT molecular complexity index is 1280. The van der Waals surface area contributed by atoms with Gasteiger partial charge in [-0.05, 0) is 22.3 Å². The second-order valence-corrected chi connectivity index (χ2v) is 11.1. The number of hydrogen-bond donors (Lipinski definition) is 6. The van der Waals surface area contributed by atoms with E-state index < -0.39 is 34.6 Å². The van der Waals surface area contributed by atoms with E-state index in [9.17, 15) is 30.6 Å². The van der Waals surface area contributed by atoms with Gasteiger partial charge in [-0.15, -0.1) is 0 Å². The van der Waals surface area contributed by atoms with E-state index >= 15 is 0 Å². The highest BCUT2D eigenvalue weighted by molar-refractivity contribution is 5.38. The molecule has 0 spiro atoms. The molecule has 0 aromatic heterocycles. The van der Waals surface area contributed by atoms with Gasteiger partial charge in [0.15, 0.2) is 0 Å². The van der Waals surface area contributed by atoms with Crippen molar-refractivity contribution in [3.8, 4) is 0 Å². The van der Waals surface area contributed by atoms with E-state index in [-0.39, 0.29) is 25.7 Å². The zero-order chi connectivity index (χ0) is 28.4. The Morgan fingerprint density at radius 3 is 0.850 bits per heavy atom. The molecule has 6 nitrogen and oxygen atoms in total. The molecule has 1 fully saturated rings. The molecule has 0 bridgehead atoms. The number of aliphatic hydroxyl groups excluding tert-OH is 2. The highest BCUT2D eigenvalue weighted by atomic mass is 16.5. The van der Waals surface area contributed by atoms with Gasteiger partial charge in [0.05, 0.1) is 0 Å². The van der Waals surface area contributed by atoms with Crippen LogP contribution >= 0.6 is 0 Å². The van der Waals surface area contributed by atoms with E-state index in [0.29, 0.717) is 22.3 Å². The van der Waals surface area contributed by atoms with E-state index in [2.05, 4.69) is 0 Å². The van der Waals surface area contributed by atoms with Crippen LogP contribution in [-0.4, -0.2) is 65.3 Å². The second-order valence-electron chi connectivity index (χ2n) is 11.1. The lowest BCUT2D eigenvalue weighted by molar-refractivity contribution is -0.380. The van der Waals surface area contributed by atoms with Gasteiger partial charge in [0.2, 0.25) is 0 Å². The van der Waals surface area contributed by atoms with Crippen LogP contribution in [0.1, 0.15) is 22.3 Å². The first-order valence-corrected chi connectivity index (χ1v) is 13.5. The summed E-state index contributed by atoms with van der Waals surface area (Å²) < 4.78 is 0. The van der Waals surface area contributed by atoms with Crippen molar-refractivity contribution in [1.29, 1.82) is 0 Å². The van der Waals surface area contributed by atoms with E-state index in [1.54, 1.807) is 109 Å². The lowest BCUT2D eigenvalue weighted by Gasteiger charge is -2.65. The van der Waals surface area contributed by atoms with Crippen LogP contribution in [0.4, 0.5) is 0 Å². The fourth-order valence-corrected chi connectivity index (χ4v) is 6.42. The average molecular weight is 541 g/mol. The summed E-state index contributed by atoms with van der Waals surface area (Å²) in [4.78, 5) is 0. The first-order chi connectivity index (χ1) is 19.1. The van der Waals surface area contributed by atoms with E-state index in [1.807, 2.05) is 12.1 Å². The molecule has 5 rings (SSSR count). The molecule has 40 heavy (non-hydrogen) atoms. The normalized spacial score (nSPS) is 32.0. The molecule has 1 aliphatic rings. The molecule has 6 atom stereocenters. The van der Waals surface area contributed by atoms with Crippen molar-refractivity contribution < 1.29 is 30.6 Å². The molecule has 6 heteroatoms. The van der Waals surface area contributed by atoms with Crippen LogP contribution in [0, 0.1) is 0 Å². The summed E-state index contributed by atoms with van der Waals surface area (Å²) >= 11 is 0. The lowest BCUT2D eigenvalue weighted by atomic mass is 9.49. The minimum atomic E-state index is -2.53. The highest BCUT2D eigenvalue weighted by Gasteiger charge is 2.78. The van der Waals surface area contributed by atoms with Gasteiger partial charge in [0.1, 0.15) is 34.6 Å². The third-order valence-corrected chi connectivity index (χ3v) is 8.63. The van der Waals surface area contributed by atoms with E-state index in [4.69, 9.17) is 0 Å². The van der Waals surface area contributed by atoms with Crippen LogP contribution in [-0.2, 0) is 25.7 Å². The number of hydrogen-bond acceptors (Lipinski definition) is 6. The lowest BCUT2D eigenvalue weighted by Crippen LogP contribution is -2.89. The van der Waals surface area contributed by atoms with E-state index in [1.165, 1.54) is 0 Å². The molecule has 1 saturated carbocycles. The predicted molar refractivity (Wildman–Crippen MR) is 152 cm³/mol. The van der Waals surface area contributed by atoms with Gasteiger partial charge in [0, 0.05) is 25.7 Å². The number of rotatable bonds is 8. The number of aliphatic hydroxyl groups is 6. The van der Waals surface area contributed by atoms with Crippen molar-refractivity contribution in [1.82, 2.24) is 0 Å². The fourth-order valence-electron chi connectivity index (χ4n) is 6.42. The molecular weight excluding hydrogens is 504 g/mol. The van der Waals surface area contributed by atoms with Gasteiger partial charge in [-0.3, -0.25) is 0 Å². The van der Waals surface area contributed by atoms with Gasteiger partial charge in [-0.1, -0.05) is 121 Å². The minimum Gasteiger partial charge on any atom is -0.387 e. The first kappa shape index (κ1) is 28.2. The third-order valence-electron chi connectivity index (χ3n) is 8.63. The zero-order valence-corrected chi connectivity index (χ0v) is 22.2. The smallest absolute Gasteiger partial charge is 0.132 e. The van der Waals surface area contributed by atoms with Crippen molar-refractivity contribution >= 4 is 0 Å². The van der Waals surface area contributed by atoms with Crippen molar-refractivity contribution in [2.45, 2.75) is 60.3 Å². The van der Waals surface area contributed by atoms with Crippen LogP contribution < -0.4 is 0 Å². The van der Waals surface area contributed by atoms with E-state index in [0.717, 1.165) is 0 Å². The molecule has 6 N–H and O–H groups in total. The monoisotopic (exact) mass is 540 g/mol. The standard InChI is InChI=1S/C34H36O6/c35-29-30(36)32(38,22-26-15-7-2-8-16-26)34(40,24-28-19-11-4-12-20-28)33(39,23-27-17-9-3-10-18-27)31(29,37)21-25-13-5-1-6-14-25/h1-20,29-30,35-40H,21-24H2/t29-,30+,31+,32-,33-,34-/m1/s1. The minimum absolute atomic E-state index is 0.284. The zero-order valence-electron chi connectivity index (χ0n) is 22.2. The van der Waals surface area contributed by atoms with Crippen LogP contribution in [0.2, 0.25) is 0 Å². The maximum absolute atomic E-state index is 12.9. The Balaban J connectivity index is 1.75. The molecule has 0 saturated heterocycles. The van der Waals surface area contributed by atoms with Crippen LogP contribution in [0.15, 0.2) is 121 Å². The van der Waals surface area contributed by atoms with Crippen molar-refractivity contribution in [2.75, 3.05) is 0 Å². The third kappa shape index (κ3) is 4.67. The van der Waals surface area contributed by atoms with Crippen LogP contribution in [0.3, 0.4) is 0 Å². The van der Waals surface area contributed by atoms with Gasteiger partial charge >= 0.3 is 0 Å². The average Bonchev–Trinajstić information content (AvgIpc) is 2.97. The van der Waals surface area contributed by atoms with Gasteiger partial charge in [-0.2, -0.15) is 0 Å². The molecule has 208 valence electrons. The maximum Gasteiger partial charge on any atom is 0.132 e. The van der Waals surface area contributed by atoms with Gasteiger partial charge in [-0.25, -0.2) is 0 Å². The summed E-state index contributed by atoms with van der Waals surface area (Å²) in [6.45, 7) is 0. The largest absolute Gasteiger partial charge is 0.387 e. The molecule has 4 aromatic rings. The molecule has 0 amide bonds. The summed E-state index contributed by atoms with van der Waals surface area (Å²) in [7, 11) is 0. The maximum atomic E-state index is 12.9. The Morgan fingerprint density at radius 1 is 0.375 bits per heavy atom. The summed E-state index contributed by atoms with van der Waals surface area (Å²) in [5.41, 5.74) is -7.67. The Kier molecular flexibility index (Phi) is 7.68. The SMILES string of the molecule is O[C@@H]1[C@H](O)[C@](O)(Cc2ccccc2)[C@](O)(Cc2ccccc2)[C@@](O)(Cc2ccccc2)[C@]1(O)Cc1ccccc1. The van der Waals surface area contributed by atoms with Crippen LogP contribution in [0.5, 0.6) is 0 Å². The summed E-state index contributed by atoms with van der Waals surface area (Å²) in [5.74, 6) is 0. The predicted octanol–water partition coefficient (Wildman–Crippen LogP) is 2.62. The Morgan fingerprint density at radius 2 is 0.600 bits per heavy atom. The topological polar surface area (TPSA) is 121 Å². The summed E-state index contributed by atoms with van der Waals surface area (Å²) in [6.07, 6.45) is -5.19. The quantitative estimate of drug-likeness (QED) is 0.204. The fraction of sp³-hybridized carbons (Fsp3) is 0.294. The molecule has 4 aromatic carbocycles. The summed E-state index contributed by atoms with van der Waals surface area (Å²) in [6, 6.07) is 35.3. The second kappa shape index (κ2) is 10.9. The van der Waals surface area contributed by atoms with Crippen molar-refractivity contribution in [3.63, 3.8) is 0 Å². The highest BCUT2D eigenvalue weighted by Crippen LogP contribution is 2.54. The van der Waals surface area contributed by atoms with Crippen molar-refractivity contribution in [3.05, 3.63) is 144 Å². The molecule has 0 unspecified atom stereocenters. The van der Waals surface area contributed by atoms with Crippen molar-refractivity contribution in [2.24, 2.45) is 0 Å². The van der Waals surface area contributed by atoms with Crippen LogP contribution in [0.25, 0.3) is 0 Å². The first-order valence-electron chi connectivity index (χ1n) is 13.5. The molecule has 0 radical (unpaired) electrons. The molecule has 0 aliphatic heterocycles. The van der Waals surface area contributed by atoms with Gasteiger partial charge < -0.3 is 30.6 Å².